The fraction of sp³-hybridized carbons (Fsp3) is 0.333. The Labute approximate surface area is 82.2 Å². The van der Waals surface area contributed by atoms with E-state index >= 15 is 0 Å². The predicted octanol–water partition coefficient (Wildman–Crippen LogP) is 0.238. The van der Waals surface area contributed by atoms with Crippen LogP contribution in [0.2, 0.25) is 0 Å². The van der Waals surface area contributed by atoms with Crippen LogP contribution in [0.4, 0.5) is 0 Å². The zero-order valence-electron chi connectivity index (χ0n) is 7.87. The number of rotatable bonds is 4. The van der Waals surface area contributed by atoms with E-state index in [0.29, 0.717) is 6.54 Å². The van der Waals surface area contributed by atoms with Crippen LogP contribution in [0.3, 0.4) is 0 Å². The van der Waals surface area contributed by atoms with Gasteiger partial charge in [0.05, 0.1) is 13.1 Å². The lowest BCUT2D eigenvalue weighted by atomic mass is 10.5. The quantitative estimate of drug-likeness (QED) is 0.753. The van der Waals surface area contributed by atoms with Crippen LogP contribution in [-0.2, 0) is 19.6 Å². The normalized spacial score (nSPS) is 10.6. The Hall–Kier alpha value is -1.62. The zero-order chi connectivity index (χ0) is 9.80. The van der Waals surface area contributed by atoms with Gasteiger partial charge in [-0.1, -0.05) is 0 Å². The van der Waals surface area contributed by atoms with Gasteiger partial charge in [0, 0.05) is 31.3 Å². The summed E-state index contributed by atoms with van der Waals surface area (Å²) in [5, 5.41) is 4.12. The highest BCUT2D eigenvalue weighted by Crippen LogP contribution is 1.97. The van der Waals surface area contributed by atoms with Crippen molar-refractivity contribution in [3.63, 3.8) is 0 Å². The van der Waals surface area contributed by atoms with Crippen LogP contribution < -0.4 is 5.73 Å². The highest BCUT2D eigenvalue weighted by atomic mass is 15.3. The number of nitrogens with two attached hydrogens (primary N) is 1. The lowest BCUT2D eigenvalue weighted by molar-refractivity contribution is 0.520. The van der Waals surface area contributed by atoms with E-state index in [1.54, 1.807) is 12.4 Å². The molecule has 2 aromatic heterocycles. The molecule has 0 unspecified atom stereocenters. The van der Waals surface area contributed by atoms with Crippen molar-refractivity contribution in [1.29, 1.82) is 0 Å². The minimum Gasteiger partial charge on any atom is -0.332 e. The van der Waals surface area contributed by atoms with E-state index in [1.807, 2.05) is 27.7 Å². The molecule has 0 bridgehead atoms. The summed E-state index contributed by atoms with van der Waals surface area (Å²) in [5.41, 5.74) is 5.54. The largest absolute Gasteiger partial charge is 0.332 e. The zero-order valence-corrected chi connectivity index (χ0v) is 7.87. The minimum absolute atomic E-state index is 0.478. The average molecular weight is 191 g/mol. The molecular weight excluding hydrogens is 178 g/mol. The molecule has 74 valence electrons. The summed E-state index contributed by atoms with van der Waals surface area (Å²) in [6.07, 6.45) is 7.42. The standard InChI is InChI=1S/C9H13N5/c10-8-9-11-3-5-13(9)6-7-14-4-1-2-12-14/h1-5H,6-8,10H2. The summed E-state index contributed by atoms with van der Waals surface area (Å²) in [6.45, 7) is 2.18. The third-order valence-electron chi connectivity index (χ3n) is 2.11. The maximum atomic E-state index is 5.54. The Morgan fingerprint density at radius 2 is 2.14 bits per heavy atom. The van der Waals surface area contributed by atoms with Crippen LogP contribution in [0.15, 0.2) is 30.9 Å². The third-order valence-corrected chi connectivity index (χ3v) is 2.11. The molecule has 2 aromatic rings. The Morgan fingerprint density at radius 1 is 1.21 bits per heavy atom. The van der Waals surface area contributed by atoms with Gasteiger partial charge in [-0.25, -0.2) is 4.98 Å². The fourth-order valence-corrected chi connectivity index (χ4v) is 1.38. The summed E-state index contributed by atoms with van der Waals surface area (Å²) < 4.78 is 3.93. The summed E-state index contributed by atoms with van der Waals surface area (Å²) in [4.78, 5) is 4.14. The molecule has 0 aliphatic carbocycles. The Balaban J connectivity index is 1.98. The molecule has 0 aliphatic heterocycles. The molecule has 5 nitrogen and oxygen atoms in total. The average Bonchev–Trinajstić information content (AvgIpc) is 2.85. The van der Waals surface area contributed by atoms with Gasteiger partial charge >= 0.3 is 0 Å². The highest BCUT2D eigenvalue weighted by Gasteiger charge is 1.99. The molecule has 0 saturated heterocycles. The van der Waals surface area contributed by atoms with Gasteiger partial charge in [0.15, 0.2) is 0 Å². The van der Waals surface area contributed by atoms with Gasteiger partial charge in [-0.2, -0.15) is 5.10 Å². The second-order valence-electron chi connectivity index (χ2n) is 3.01. The molecule has 0 aliphatic rings. The van der Waals surface area contributed by atoms with Crippen LogP contribution in [0.1, 0.15) is 5.82 Å². The van der Waals surface area contributed by atoms with Gasteiger partial charge in [0.1, 0.15) is 5.82 Å². The second-order valence-corrected chi connectivity index (χ2v) is 3.01. The van der Waals surface area contributed by atoms with E-state index in [2.05, 4.69) is 10.1 Å². The van der Waals surface area contributed by atoms with Gasteiger partial charge in [0.25, 0.3) is 0 Å². The van der Waals surface area contributed by atoms with E-state index in [1.165, 1.54) is 0 Å². The van der Waals surface area contributed by atoms with E-state index in [-0.39, 0.29) is 0 Å². The third kappa shape index (κ3) is 1.82. The topological polar surface area (TPSA) is 61.7 Å². The fourth-order valence-electron chi connectivity index (χ4n) is 1.38. The Morgan fingerprint density at radius 3 is 2.86 bits per heavy atom. The molecule has 0 fully saturated rings. The molecule has 0 atom stereocenters. The first-order chi connectivity index (χ1) is 6.90. The van der Waals surface area contributed by atoms with Crippen LogP contribution >= 0.6 is 0 Å². The molecule has 0 aromatic carbocycles. The summed E-state index contributed by atoms with van der Waals surface area (Å²) in [5.74, 6) is 0.914. The van der Waals surface area contributed by atoms with Gasteiger partial charge in [-0.05, 0) is 6.07 Å². The monoisotopic (exact) mass is 191 g/mol. The first-order valence-electron chi connectivity index (χ1n) is 4.57. The van der Waals surface area contributed by atoms with Crippen molar-refractivity contribution >= 4 is 0 Å². The van der Waals surface area contributed by atoms with E-state index in [4.69, 9.17) is 5.73 Å². The molecule has 0 radical (unpaired) electrons. The van der Waals surface area contributed by atoms with Crippen LogP contribution in [0.5, 0.6) is 0 Å². The maximum absolute atomic E-state index is 5.54. The maximum Gasteiger partial charge on any atom is 0.122 e. The highest BCUT2D eigenvalue weighted by molar-refractivity contribution is 4.91. The smallest absolute Gasteiger partial charge is 0.122 e. The molecule has 2 N–H and O–H groups in total. The molecular formula is C9H13N5. The number of imidazole rings is 1. The van der Waals surface area contributed by atoms with Crippen molar-refractivity contribution < 1.29 is 0 Å². The van der Waals surface area contributed by atoms with Gasteiger partial charge in [-0.3, -0.25) is 4.68 Å². The van der Waals surface area contributed by atoms with E-state index in [9.17, 15) is 0 Å². The molecule has 5 heteroatoms. The molecule has 14 heavy (non-hydrogen) atoms. The number of hydrogen-bond acceptors (Lipinski definition) is 3. The molecule has 2 rings (SSSR count). The number of aromatic nitrogens is 4. The SMILES string of the molecule is NCc1nccn1CCn1cccn1. The summed E-state index contributed by atoms with van der Waals surface area (Å²) >= 11 is 0. The Bertz CT molecular complexity index is 376. The van der Waals surface area contributed by atoms with Crippen molar-refractivity contribution in [2.24, 2.45) is 5.73 Å². The number of hydrogen-bond donors (Lipinski definition) is 1. The van der Waals surface area contributed by atoms with Crippen molar-refractivity contribution in [3.05, 3.63) is 36.7 Å². The Kier molecular flexibility index (Phi) is 2.60. The van der Waals surface area contributed by atoms with Crippen LogP contribution in [-0.4, -0.2) is 19.3 Å². The van der Waals surface area contributed by atoms with Crippen molar-refractivity contribution in [1.82, 2.24) is 19.3 Å². The molecule has 0 spiro atoms. The van der Waals surface area contributed by atoms with Crippen LogP contribution in [0.25, 0.3) is 0 Å². The van der Waals surface area contributed by atoms with Crippen molar-refractivity contribution in [3.8, 4) is 0 Å². The number of nitrogens with zero attached hydrogens (tertiary/aromatic N) is 4. The number of aryl methyl sites for hydroxylation is 2. The van der Waals surface area contributed by atoms with Gasteiger partial charge in [0.2, 0.25) is 0 Å². The van der Waals surface area contributed by atoms with Gasteiger partial charge in [-0.15, -0.1) is 0 Å². The lowest BCUT2D eigenvalue weighted by Gasteiger charge is -2.05. The molecule has 0 saturated carbocycles. The lowest BCUT2D eigenvalue weighted by Crippen LogP contribution is -2.12. The minimum atomic E-state index is 0.478. The molecule has 2 heterocycles. The summed E-state index contributed by atoms with van der Waals surface area (Å²) in [7, 11) is 0. The van der Waals surface area contributed by atoms with E-state index in [0.717, 1.165) is 18.9 Å². The molecule has 0 amide bonds. The predicted molar refractivity (Wildman–Crippen MR) is 52.3 cm³/mol. The first-order valence-corrected chi connectivity index (χ1v) is 4.57. The van der Waals surface area contributed by atoms with Crippen molar-refractivity contribution in [2.75, 3.05) is 0 Å². The van der Waals surface area contributed by atoms with Gasteiger partial charge < -0.3 is 10.3 Å². The van der Waals surface area contributed by atoms with Crippen LogP contribution in [0, 0.1) is 0 Å². The summed E-state index contributed by atoms with van der Waals surface area (Å²) in [6, 6.07) is 1.91. The van der Waals surface area contributed by atoms with Crippen molar-refractivity contribution in [2.45, 2.75) is 19.6 Å². The first kappa shape index (κ1) is 8.96. The second kappa shape index (κ2) is 4.06. The van der Waals surface area contributed by atoms with E-state index < -0.39 is 0 Å².